The van der Waals surface area contributed by atoms with E-state index < -0.39 is 69.4 Å². The number of benzene rings is 1. The van der Waals surface area contributed by atoms with E-state index in [9.17, 15) is 44.4 Å². The van der Waals surface area contributed by atoms with E-state index in [4.69, 9.17) is 5.73 Å². The molecule has 1 unspecified atom stereocenters. The number of aryl methyl sites for hydroxylation is 1. The summed E-state index contributed by atoms with van der Waals surface area (Å²) in [6, 6.07) is 2.79. The fourth-order valence-corrected chi connectivity index (χ4v) is 6.44. The lowest BCUT2D eigenvalue weighted by Gasteiger charge is -2.50. The summed E-state index contributed by atoms with van der Waals surface area (Å²) in [5, 5.41) is 44.6. The predicted octanol–water partition coefficient (Wildman–Crippen LogP) is -0.137. The molecule has 7 N–H and O–H groups in total. The van der Waals surface area contributed by atoms with Crippen LogP contribution in [0.5, 0.6) is 5.75 Å². The Kier molecular flexibility index (Phi) is 6.66. The Morgan fingerprint density at radius 1 is 1.17 bits per heavy atom. The van der Waals surface area contributed by atoms with Crippen LogP contribution < -0.4 is 11.3 Å². The number of phenols is 1. The van der Waals surface area contributed by atoms with Crippen molar-refractivity contribution in [2.45, 2.75) is 37.3 Å². The standard InChI is InChI=1S/C28H28N4O9/c1-32(2)22-14-8-12-7-13-11(3-5-16(33)15-9-18(35)31-10-30-15)4-6-17(34)20(13)23(36)19(12)25(38)28(14,41)26(39)21(24(22)37)27(29)40/h4,6,9-10,12,14,22,34,36,39,41H,3,5,7-8H2,1-2H3,(H2,29,40)(H,30,31,35)/t12-,14-,22?,28-/m0/s1. The molecule has 3 aliphatic carbocycles. The summed E-state index contributed by atoms with van der Waals surface area (Å²) in [4.78, 5) is 71.0. The Bertz CT molecular complexity index is 1650. The van der Waals surface area contributed by atoms with Crippen molar-refractivity contribution in [3.05, 3.63) is 74.2 Å². The van der Waals surface area contributed by atoms with Gasteiger partial charge < -0.3 is 31.1 Å². The number of rotatable bonds is 6. The van der Waals surface area contributed by atoms with Gasteiger partial charge in [-0.3, -0.25) is 28.9 Å². The zero-order valence-corrected chi connectivity index (χ0v) is 22.2. The maximum absolute atomic E-state index is 13.9. The first-order chi connectivity index (χ1) is 19.3. The van der Waals surface area contributed by atoms with Crippen LogP contribution in [0.3, 0.4) is 0 Å². The number of carbonyl (C=O) groups excluding carboxylic acids is 4. The first kappa shape index (κ1) is 27.9. The number of H-pyrrole nitrogens is 1. The van der Waals surface area contributed by atoms with E-state index >= 15 is 0 Å². The highest BCUT2D eigenvalue weighted by Crippen LogP contribution is 2.53. The molecule has 13 nitrogen and oxygen atoms in total. The molecule has 13 heteroatoms. The van der Waals surface area contributed by atoms with E-state index in [1.54, 1.807) is 6.07 Å². The molecule has 1 aromatic heterocycles. The smallest absolute Gasteiger partial charge is 0.255 e. The van der Waals surface area contributed by atoms with Crippen LogP contribution in [-0.4, -0.2) is 84.3 Å². The van der Waals surface area contributed by atoms with Gasteiger partial charge >= 0.3 is 0 Å². The average Bonchev–Trinajstić information content (AvgIpc) is 2.89. The van der Waals surface area contributed by atoms with Crippen LogP contribution in [-0.2, 0) is 27.2 Å². The lowest BCUT2D eigenvalue weighted by molar-refractivity contribution is -0.153. The van der Waals surface area contributed by atoms with Crippen molar-refractivity contribution in [3.8, 4) is 5.75 Å². The number of aliphatic hydroxyl groups excluding tert-OH is 2. The van der Waals surface area contributed by atoms with Crippen LogP contribution in [0, 0.1) is 11.8 Å². The van der Waals surface area contributed by atoms with E-state index in [0.29, 0.717) is 11.1 Å². The van der Waals surface area contributed by atoms with Crippen LogP contribution >= 0.6 is 0 Å². The number of Topliss-reactive ketones (excluding diaryl/α,β-unsaturated/α-hetero) is 3. The van der Waals surface area contributed by atoms with E-state index in [-0.39, 0.29) is 48.3 Å². The number of phenolic OH excluding ortho intramolecular Hbond substituents is 1. The summed E-state index contributed by atoms with van der Waals surface area (Å²) in [7, 11) is 3.05. The molecule has 3 aliphatic rings. The second-order valence-corrected chi connectivity index (χ2v) is 10.8. The minimum Gasteiger partial charge on any atom is -0.508 e. The summed E-state index contributed by atoms with van der Waals surface area (Å²) in [5.41, 5.74) is 2.01. The molecule has 1 amide bonds. The van der Waals surface area contributed by atoms with Gasteiger partial charge in [-0.25, -0.2) is 4.98 Å². The Morgan fingerprint density at radius 2 is 1.88 bits per heavy atom. The molecule has 1 aromatic carbocycles. The molecule has 2 aromatic rings. The van der Waals surface area contributed by atoms with E-state index in [0.717, 1.165) is 12.4 Å². The number of hydrogen-bond acceptors (Lipinski definition) is 11. The Hall–Kier alpha value is -4.62. The number of primary amides is 1. The second kappa shape index (κ2) is 9.78. The van der Waals surface area contributed by atoms with Gasteiger partial charge in [-0.2, -0.15) is 0 Å². The molecule has 0 spiro atoms. The largest absolute Gasteiger partial charge is 0.508 e. The minimum atomic E-state index is -2.72. The third-order valence-corrected chi connectivity index (χ3v) is 8.29. The maximum Gasteiger partial charge on any atom is 0.255 e. The van der Waals surface area contributed by atoms with Gasteiger partial charge in [0.25, 0.3) is 11.5 Å². The molecule has 0 saturated heterocycles. The zero-order valence-electron chi connectivity index (χ0n) is 22.2. The van der Waals surface area contributed by atoms with Crippen molar-refractivity contribution >= 4 is 29.0 Å². The minimum absolute atomic E-state index is 0.0107. The molecule has 5 rings (SSSR count). The number of nitrogens with zero attached hydrogens (tertiary/aromatic N) is 2. The van der Waals surface area contributed by atoms with Crippen LogP contribution in [0.15, 0.2) is 46.2 Å². The number of aliphatic hydroxyl groups is 3. The van der Waals surface area contributed by atoms with E-state index in [1.165, 1.54) is 25.1 Å². The highest BCUT2D eigenvalue weighted by atomic mass is 16.3. The Labute approximate surface area is 232 Å². The fraction of sp³-hybridized carbons (Fsp3) is 0.357. The van der Waals surface area contributed by atoms with Gasteiger partial charge in [0, 0.05) is 24.0 Å². The summed E-state index contributed by atoms with van der Waals surface area (Å²) < 4.78 is 0. The van der Waals surface area contributed by atoms with Crippen LogP contribution in [0.2, 0.25) is 0 Å². The summed E-state index contributed by atoms with van der Waals surface area (Å²) in [5.74, 6) is -7.66. The lowest BCUT2D eigenvalue weighted by atomic mass is 9.57. The molecule has 1 saturated carbocycles. The number of ketones is 3. The van der Waals surface area contributed by atoms with Gasteiger partial charge in [-0.15, -0.1) is 0 Å². The molecular formula is C28H28N4O9. The van der Waals surface area contributed by atoms with Gasteiger partial charge in [0.15, 0.2) is 17.2 Å². The zero-order chi connectivity index (χ0) is 30.0. The van der Waals surface area contributed by atoms with Gasteiger partial charge in [0.1, 0.15) is 28.5 Å². The van der Waals surface area contributed by atoms with Gasteiger partial charge in [0.05, 0.1) is 17.9 Å². The number of aromatic amines is 1. The lowest BCUT2D eigenvalue weighted by Crippen LogP contribution is -2.65. The highest BCUT2D eigenvalue weighted by molar-refractivity contribution is 6.24. The van der Waals surface area contributed by atoms with E-state index in [1.807, 2.05) is 0 Å². The number of fused-ring (bicyclic) bond motifs is 3. The Morgan fingerprint density at radius 3 is 2.51 bits per heavy atom. The molecule has 4 atom stereocenters. The van der Waals surface area contributed by atoms with Crippen LogP contribution in [0.1, 0.15) is 40.0 Å². The van der Waals surface area contributed by atoms with Crippen LogP contribution in [0.25, 0.3) is 5.76 Å². The molecule has 41 heavy (non-hydrogen) atoms. The molecule has 0 radical (unpaired) electrons. The first-order valence-corrected chi connectivity index (χ1v) is 12.8. The SMILES string of the molecule is CN(C)C1C(=O)C(C(N)=O)=C(O)[C@@]2(O)C(=O)C3=C(O)c4c(O)ccc(CCC(=O)c5cc(=O)[nH]cn5)c4C[C@H]3C[C@@H]12. The quantitative estimate of drug-likeness (QED) is 0.200. The molecule has 1 heterocycles. The Balaban J connectivity index is 1.58. The van der Waals surface area contributed by atoms with E-state index in [2.05, 4.69) is 9.97 Å². The summed E-state index contributed by atoms with van der Waals surface area (Å²) in [6.45, 7) is 0. The number of carbonyl (C=O) groups is 4. The number of nitrogens with one attached hydrogen (secondary N) is 1. The maximum atomic E-state index is 13.9. The van der Waals surface area contributed by atoms with Crippen molar-refractivity contribution in [1.82, 2.24) is 14.9 Å². The predicted molar refractivity (Wildman–Crippen MR) is 142 cm³/mol. The summed E-state index contributed by atoms with van der Waals surface area (Å²) >= 11 is 0. The molecule has 0 bridgehead atoms. The van der Waals surface area contributed by atoms with Crippen molar-refractivity contribution in [2.24, 2.45) is 17.6 Å². The fourth-order valence-electron chi connectivity index (χ4n) is 6.44. The monoisotopic (exact) mass is 564 g/mol. The molecule has 0 aliphatic heterocycles. The van der Waals surface area contributed by atoms with Crippen molar-refractivity contribution in [1.29, 1.82) is 0 Å². The number of aromatic hydroxyl groups is 1. The van der Waals surface area contributed by atoms with Gasteiger partial charge in [-0.1, -0.05) is 6.07 Å². The summed E-state index contributed by atoms with van der Waals surface area (Å²) in [6.07, 6.45) is 1.31. The first-order valence-electron chi connectivity index (χ1n) is 12.8. The van der Waals surface area contributed by atoms with Crippen molar-refractivity contribution in [2.75, 3.05) is 14.1 Å². The van der Waals surface area contributed by atoms with Gasteiger partial charge in [-0.05, 0) is 56.5 Å². The third kappa shape index (κ3) is 4.16. The normalized spacial score (nSPS) is 25.6. The van der Waals surface area contributed by atoms with Crippen LogP contribution in [0.4, 0.5) is 0 Å². The number of nitrogens with two attached hydrogens (primary N) is 1. The van der Waals surface area contributed by atoms with Crippen molar-refractivity contribution < 1.29 is 39.6 Å². The number of hydrogen-bond donors (Lipinski definition) is 6. The number of likely N-dealkylation sites (N-methyl/N-ethyl adjacent to an activating group) is 1. The number of amides is 1. The molecule has 214 valence electrons. The third-order valence-electron chi connectivity index (χ3n) is 8.29. The van der Waals surface area contributed by atoms with Gasteiger partial charge in [0.2, 0.25) is 5.78 Å². The molecule has 1 fully saturated rings. The average molecular weight is 565 g/mol. The number of aromatic nitrogens is 2. The molecular weight excluding hydrogens is 536 g/mol. The topological polar surface area (TPSA) is 224 Å². The highest BCUT2D eigenvalue weighted by Gasteiger charge is 2.64. The van der Waals surface area contributed by atoms with Crippen molar-refractivity contribution in [3.63, 3.8) is 0 Å². The second-order valence-electron chi connectivity index (χ2n) is 10.8.